The van der Waals surface area contributed by atoms with Crippen molar-refractivity contribution >= 4 is 0 Å². The summed E-state index contributed by atoms with van der Waals surface area (Å²) in [7, 11) is 0. The summed E-state index contributed by atoms with van der Waals surface area (Å²) in [5.41, 5.74) is 1.56. The van der Waals surface area contributed by atoms with E-state index in [-0.39, 0.29) is 17.0 Å². The fourth-order valence-electron chi connectivity index (χ4n) is 1.45. The second-order valence-electron chi connectivity index (χ2n) is 3.30. The summed E-state index contributed by atoms with van der Waals surface area (Å²) in [6, 6.07) is 7.34. The van der Waals surface area contributed by atoms with Crippen LogP contribution < -0.4 is 5.56 Å². The van der Waals surface area contributed by atoms with Gasteiger partial charge in [-0.25, -0.2) is 4.98 Å². The molecule has 0 bridgehead atoms. The van der Waals surface area contributed by atoms with E-state index in [1.807, 2.05) is 25.1 Å². The van der Waals surface area contributed by atoms with Gasteiger partial charge in [-0.05, 0) is 12.5 Å². The lowest BCUT2D eigenvalue weighted by molar-refractivity contribution is 0.453. The molecule has 1 aromatic heterocycles. The van der Waals surface area contributed by atoms with E-state index in [1.54, 1.807) is 6.07 Å². The van der Waals surface area contributed by atoms with Gasteiger partial charge in [0.1, 0.15) is 5.56 Å². The first kappa shape index (κ1) is 9.45. The summed E-state index contributed by atoms with van der Waals surface area (Å²) in [6.45, 7) is 1.92. The second kappa shape index (κ2) is 3.57. The summed E-state index contributed by atoms with van der Waals surface area (Å²) in [5.74, 6) is -0.246. The molecule has 0 spiro atoms. The van der Waals surface area contributed by atoms with Gasteiger partial charge < -0.3 is 10.1 Å². The number of nitrogens with zero attached hydrogens (tertiary/aromatic N) is 1. The summed E-state index contributed by atoms with van der Waals surface area (Å²) < 4.78 is 0. The first-order valence-electron chi connectivity index (χ1n) is 4.52. The first-order valence-corrected chi connectivity index (χ1v) is 4.52. The van der Waals surface area contributed by atoms with Crippen molar-refractivity contribution in [2.75, 3.05) is 0 Å². The molecule has 2 aromatic rings. The molecule has 0 radical (unpaired) electrons. The third-order valence-electron chi connectivity index (χ3n) is 2.14. The molecule has 15 heavy (non-hydrogen) atoms. The van der Waals surface area contributed by atoms with Gasteiger partial charge in [0, 0.05) is 0 Å². The zero-order chi connectivity index (χ0) is 10.8. The minimum absolute atomic E-state index is 0.209. The average molecular weight is 202 g/mol. The molecular weight excluding hydrogens is 192 g/mol. The van der Waals surface area contributed by atoms with Crippen LogP contribution in [0.3, 0.4) is 0 Å². The molecule has 0 unspecified atom stereocenters. The Kier molecular flexibility index (Phi) is 2.25. The third kappa shape index (κ3) is 1.74. The molecule has 4 nitrogen and oxygen atoms in total. The van der Waals surface area contributed by atoms with Crippen molar-refractivity contribution in [2.45, 2.75) is 6.92 Å². The molecule has 4 heteroatoms. The van der Waals surface area contributed by atoms with Gasteiger partial charge in [0.05, 0.1) is 6.33 Å². The van der Waals surface area contributed by atoms with Crippen LogP contribution >= 0.6 is 0 Å². The van der Waals surface area contributed by atoms with E-state index in [4.69, 9.17) is 0 Å². The maximum atomic E-state index is 11.5. The first-order chi connectivity index (χ1) is 7.18. The maximum Gasteiger partial charge on any atom is 0.262 e. The number of H-pyrrole nitrogens is 1. The molecule has 0 aliphatic rings. The summed E-state index contributed by atoms with van der Waals surface area (Å²) in [5, 5.41) is 9.50. The Morgan fingerprint density at radius 3 is 2.87 bits per heavy atom. The Hall–Kier alpha value is -2.10. The normalized spacial score (nSPS) is 10.2. The average Bonchev–Trinajstić information content (AvgIpc) is 2.17. The van der Waals surface area contributed by atoms with Crippen LogP contribution in [0.15, 0.2) is 35.4 Å². The zero-order valence-corrected chi connectivity index (χ0v) is 8.19. The van der Waals surface area contributed by atoms with E-state index in [9.17, 15) is 9.90 Å². The Morgan fingerprint density at radius 1 is 1.40 bits per heavy atom. The van der Waals surface area contributed by atoms with E-state index in [0.29, 0.717) is 5.56 Å². The van der Waals surface area contributed by atoms with Crippen molar-refractivity contribution in [3.63, 3.8) is 0 Å². The van der Waals surface area contributed by atoms with Crippen molar-refractivity contribution in [2.24, 2.45) is 0 Å². The molecule has 0 saturated carbocycles. The quantitative estimate of drug-likeness (QED) is 0.735. The van der Waals surface area contributed by atoms with Crippen LogP contribution in [-0.4, -0.2) is 15.1 Å². The van der Waals surface area contributed by atoms with Crippen LogP contribution in [0.2, 0.25) is 0 Å². The number of aromatic amines is 1. The van der Waals surface area contributed by atoms with Gasteiger partial charge in [-0.15, -0.1) is 0 Å². The molecule has 76 valence electrons. The van der Waals surface area contributed by atoms with Crippen LogP contribution in [0.5, 0.6) is 5.88 Å². The zero-order valence-electron chi connectivity index (χ0n) is 8.19. The van der Waals surface area contributed by atoms with Gasteiger partial charge in [-0.3, -0.25) is 4.79 Å². The number of benzene rings is 1. The fraction of sp³-hybridized carbons (Fsp3) is 0.0909. The minimum atomic E-state index is -0.340. The smallest absolute Gasteiger partial charge is 0.262 e. The van der Waals surface area contributed by atoms with Crippen molar-refractivity contribution < 1.29 is 5.11 Å². The lowest BCUT2D eigenvalue weighted by Crippen LogP contribution is -2.09. The van der Waals surface area contributed by atoms with Gasteiger partial charge in [0.25, 0.3) is 5.56 Å². The number of aromatic nitrogens is 2. The number of hydrogen-bond donors (Lipinski definition) is 2. The second-order valence-corrected chi connectivity index (χ2v) is 3.30. The highest BCUT2D eigenvalue weighted by molar-refractivity contribution is 5.67. The Morgan fingerprint density at radius 2 is 2.20 bits per heavy atom. The standard InChI is InChI=1S/C11H10N2O2/c1-7-3-2-4-8(5-7)9-10(14)12-6-13-11(9)15/h2-6H,1H3,(H2,12,13,14,15). The van der Waals surface area contributed by atoms with Crippen molar-refractivity contribution in [3.05, 3.63) is 46.5 Å². The number of aromatic hydroxyl groups is 1. The van der Waals surface area contributed by atoms with Crippen LogP contribution in [0, 0.1) is 6.92 Å². The predicted octanol–water partition coefficient (Wildman–Crippen LogP) is 1.45. The lowest BCUT2D eigenvalue weighted by Gasteiger charge is -2.02. The van der Waals surface area contributed by atoms with E-state index < -0.39 is 0 Å². The van der Waals surface area contributed by atoms with Crippen molar-refractivity contribution in [1.82, 2.24) is 9.97 Å². The largest absolute Gasteiger partial charge is 0.493 e. The summed E-state index contributed by atoms with van der Waals surface area (Å²) in [4.78, 5) is 17.6. The van der Waals surface area contributed by atoms with E-state index in [2.05, 4.69) is 9.97 Å². The third-order valence-corrected chi connectivity index (χ3v) is 2.14. The van der Waals surface area contributed by atoms with E-state index in [1.165, 1.54) is 6.33 Å². The Bertz CT molecular complexity index is 546. The summed E-state index contributed by atoms with van der Waals surface area (Å²) >= 11 is 0. The van der Waals surface area contributed by atoms with Crippen molar-refractivity contribution in [1.29, 1.82) is 0 Å². The minimum Gasteiger partial charge on any atom is -0.493 e. The molecule has 0 saturated heterocycles. The SMILES string of the molecule is Cc1cccc(-c2c(O)nc[nH]c2=O)c1. The van der Waals surface area contributed by atoms with E-state index in [0.717, 1.165) is 5.56 Å². The van der Waals surface area contributed by atoms with Gasteiger partial charge in [0.15, 0.2) is 0 Å². The lowest BCUT2D eigenvalue weighted by atomic mass is 10.1. The molecule has 2 N–H and O–H groups in total. The number of aryl methyl sites for hydroxylation is 1. The van der Waals surface area contributed by atoms with Gasteiger partial charge >= 0.3 is 0 Å². The molecule has 0 amide bonds. The molecule has 0 aliphatic carbocycles. The Labute approximate surface area is 86.2 Å². The maximum absolute atomic E-state index is 11.5. The summed E-state index contributed by atoms with van der Waals surface area (Å²) in [6.07, 6.45) is 1.18. The predicted molar refractivity (Wildman–Crippen MR) is 56.7 cm³/mol. The van der Waals surface area contributed by atoms with Crippen LogP contribution in [0.25, 0.3) is 11.1 Å². The van der Waals surface area contributed by atoms with Gasteiger partial charge in [0.2, 0.25) is 5.88 Å². The van der Waals surface area contributed by atoms with Crippen LogP contribution in [-0.2, 0) is 0 Å². The number of hydrogen-bond acceptors (Lipinski definition) is 3. The molecule has 1 heterocycles. The van der Waals surface area contributed by atoms with Crippen molar-refractivity contribution in [3.8, 4) is 17.0 Å². The molecule has 0 aliphatic heterocycles. The highest BCUT2D eigenvalue weighted by Crippen LogP contribution is 2.22. The fourth-order valence-corrected chi connectivity index (χ4v) is 1.45. The molecular formula is C11H10N2O2. The van der Waals surface area contributed by atoms with Crippen LogP contribution in [0.1, 0.15) is 5.56 Å². The molecule has 0 fully saturated rings. The molecule has 1 aromatic carbocycles. The Balaban J connectivity index is 2.69. The number of rotatable bonds is 1. The molecule has 2 rings (SSSR count). The topological polar surface area (TPSA) is 66.0 Å². The monoisotopic (exact) mass is 202 g/mol. The van der Waals surface area contributed by atoms with Gasteiger partial charge in [-0.2, -0.15) is 0 Å². The van der Waals surface area contributed by atoms with Gasteiger partial charge in [-0.1, -0.05) is 29.8 Å². The highest BCUT2D eigenvalue weighted by Gasteiger charge is 2.09. The van der Waals surface area contributed by atoms with E-state index >= 15 is 0 Å². The van der Waals surface area contributed by atoms with Crippen LogP contribution in [0.4, 0.5) is 0 Å². The highest BCUT2D eigenvalue weighted by atomic mass is 16.3. The number of nitrogens with one attached hydrogen (secondary N) is 1. The molecule has 0 atom stereocenters.